The molecule has 1 amide bonds. The molecule has 2 heterocycles. The van der Waals surface area contributed by atoms with E-state index in [4.69, 9.17) is 4.42 Å². The van der Waals surface area contributed by atoms with Crippen molar-refractivity contribution in [3.05, 3.63) is 72.3 Å². The summed E-state index contributed by atoms with van der Waals surface area (Å²) >= 11 is 0. The largest absolute Gasteiger partial charge is 0.472 e. The Morgan fingerprint density at radius 3 is 2.74 bits per heavy atom. The Kier molecular flexibility index (Phi) is 4.28. The van der Waals surface area contributed by atoms with Crippen LogP contribution in [-0.4, -0.2) is 15.9 Å². The standard InChI is InChI=1S/C16H13FN4O2/c17-12-1-3-13(4-2-12)21-16(22)14-7-15(20-10-19-14)18-8-11-5-6-23-9-11/h1-7,9-10H,8H2,(H,21,22)(H,18,19,20). The van der Waals surface area contributed by atoms with E-state index in [9.17, 15) is 9.18 Å². The van der Waals surface area contributed by atoms with Gasteiger partial charge in [-0.05, 0) is 30.3 Å². The predicted octanol–water partition coefficient (Wildman–Crippen LogP) is 3.07. The van der Waals surface area contributed by atoms with E-state index in [0.717, 1.165) is 5.56 Å². The molecule has 3 rings (SSSR count). The summed E-state index contributed by atoms with van der Waals surface area (Å²) in [5, 5.41) is 5.72. The number of amides is 1. The lowest BCUT2D eigenvalue weighted by molar-refractivity contribution is 0.102. The number of furan rings is 1. The van der Waals surface area contributed by atoms with Crippen LogP contribution in [0, 0.1) is 5.82 Å². The molecule has 116 valence electrons. The number of aromatic nitrogens is 2. The zero-order valence-corrected chi connectivity index (χ0v) is 12.0. The van der Waals surface area contributed by atoms with Crippen LogP contribution in [0.2, 0.25) is 0 Å². The Hall–Kier alpha value is -3.22. The molecule has 0 saturated heterocycles. The van der Waals surface area contributed by atoms with Gasteiger partial charge in [0.2, 0.25) is 0 Å². The monoisotopic (exact) mass is 312 g/mol. The summed E-state index contributed by atoms with van der Waals surface area (Å²) in [5.41, 5.74) is 1.66. The molecule has 0 saturated carbocycles. The van der Waals surface area contributed by atoms with Gasteiger partial charge in [-0.2, -0.15) is 0 Å². The van der Waals surface area contributed by atoms with Gasteiger partial charge in [0.1, 0.15) is 23.7 Å². The average Bonchev–Trinajstić information content (AvgIpc) is 3.09. The number of carbonyl (C=O) groups excluding carboxylic acids is 1. The third kappa shape index (κ3) is 3.91. The number of hydrogen-bond donors (Lipinski definition) is 2. The molecular weight excluding hydrogens is 299 g/mol. The number of carbonyl (C=O) groups is 1. The van der Waals surface area contributed by atoms with Gasteiger partial charge in [0, 0.05) is 23.9 Å². The van der Waals surface area contributed by atoms with Crippen molar-refractivity contribution in [3.63, 3.8) is 0 Å². The fourth-order valence-corrected chi connectivity index (χ4v) is 1.89. The lowest BCUT2D eigenvalue weighted by atomic mass is 10.3. The zero-order chi connectivity index (χ0) is 16.1. The maximum Gasteiger partial charge on any atom is 0.274 e. The maximum absolute atomic E-state index is 12.9. The van der Waals surface area contributed by atoms with Gasteiger partial charge in [-0.1, -0.05) is 0 Å². The van der Waals surface area contributed by atoms with E-state index in [1.54, 1.807) is 18.6 Å². The first kappa shape index (κ1) is 14.7. The van der Waals surface area contributed by atoms with Gasteiger partial charge < -0.3 is 15.1 Å². The van der Waals surface area contributed by atoms with E-state index in [1.165, 1.54) is 30.6 Å². The first-order valence-corrected chi connectivity index (χ1v) is 6.84. The molecular formula is C16H13FN4O2. The molecule has 0 unspecified atom stereocenters. The summed E-state index contributed by atoms with van der Waals surface area (Å²) in [6.45, 7) is 0.520. The highest BCUT2D eigenvalue weighted by Gasteiger charge is 2.09. The molecule has 0 atom stereocenters. The molecule has 6 nitrogen and oxygen atoms in total. The van der Waals surface area contributed by atoms with E-state index in [2.05, 4.69) is 20.6 Å². The summed E-state index contributed by atoms with van der Waals surface area (Å²) in [4.78, 5) is 20.1. The van der Waals surface area contributed by atoms with Gasteiger partial charge in [0.15, 0.2) is 0 Å². The van der Waals surface area contributed by atoms with Gasteiger partial charge in [-0.15, -0.1) is 0 Å². The fourth-order valence-electron chi connectivity index (χ4n) is 1.89. The molecule has 0 aliphatic rings. The molecule has 0 fully saturated rings. The molecule has 2 N–H and O–H groups in total. The second-order valence-corrected chi connectivity index (χ2v) is 4.73. The lowest BCUT2D eigenvalue weighted by Crippen LogP contribution is -2.14. The fraction of sp³-hybridized carbons (Fsp3) is 0.0625. The van der Waals surface area contributed by atoms with E-state index in [-0.39, 0.29) is 11.5 Å². The van der Waals surface area contributed by atoms with Gasteiger partial charge >= 0.3 is 0 Å². The molecule has 0 aliphatic heterocycles. The van der Waals surface area contributed by atoms with Crippen LogP contribution < -0.4 is 10.6 Å². The van der Waals surface area contributed by atoms with Gasteiger partial charge in [-0.25, -0.2) is 14.4 Å². The number of anilines is 2. The highest BCUT2D eigenvalue weighted by molar-refractivity contribution is 6.03. The Morgan fingerprint density at radius 1 is 1.17 bits per heavy atom. The molecule has 23 heavy (non-hydrogen) atoms. The summed E-state index contributed by atoms with van der Waals surface area (Å²) < 4.78 is 17.8. The number of rotatable bonds is 5. The van der Waals surface area contributed by atoms with E-state index in [0.29, 0.717) is 18.1 Å². The van der Waals surface area contributed by atoms with Crippen LogP contribution in [0.3, 0.4) is 0 Å². The van der Waals surface area contributed by atoms with Crippen LogP contribution in [0.5, 0.6) is 0 Å². The van der Waals surface area contributed by atoms with Crippen LogP contribution >= 0.6 is 0 Å². The van der Waals surface area contributed by atoms with Gasteiger partial charge in [-0.3, -0.25) is 4.79 Å². The number of halogens is 1. The second-order valence-electron chi connectivity index (χ2n) is 4.73. The molecule has 7 heteroatoms. The van der Waals surface area contributed by atoms with E-state index >= 15 is 0 Å². The summed E-state index contributed by atoms with van der Waals surface area (Å²) in [5.74, 6) is -0.244. The number of nitrogens with zero attached hydrogens (tertiary/aromatic N) is 2. The van der Waals surface area contributed by atoms with Crippen LogP contribution in [0.1, 0.15) is 16.1 Å². The highest BCUT2D eigenvalue weighted by atomic mass is 19.1. The van der Waals surface area contributed by atoms with Crippen molar-refractivity contribution in [3.8, 4) is 0 Å². The lowest BCUT2D eigenvalue weighted by Gasteiger charge is -2.07. The molecule has 0 spiro atoms. The summed E-state index contributed by atoms with van der Waals surface area (Å²) in [7, 11) is 0. The van der Waals surface area contributed by atoms with Gasteiger partial charge in [0.05, 0.1) is 12.5 Å². The Morgan fingerprint density at radius 2 is 2.00 bits per heavy atom. The number of nitrogens with one attached hydrogen (secondary N) is 2. The van der Waals surface area contributed by atoms with Crippen LogP contribution in [0.25, 0.3) is 0 Å². The summed E-state index contributed by atoms with van der Waals surface area (Å²) in [6.07, 6.45) is 4.51. The van der Waals surface area contributed by atoms with Gasteiger partial charge in [0.25, 0.3) is 5.91 Å². The molecule has 0 radical (unpaired) electrons. The SMILES string of the molecule is O=C(Nc1ccc(F)cc1)c1cc(NCc2ccoc2)ncn1. The minimum atomic E-state index is -0.398. The minimum absolute atomic E-state index is 0.207. The van der Waals surface area contributed by atoms with Crippen LogP contribution in [0.4, 0.5) is 15.9 Å². The van der Waals surface area contributed by atoms with Crippen molar-refractivity contribution in [1.82, 2.24) is 9.97 Å². The zero-order valence-electron chi connectivity index (χ0n) is 12.0. The molecule has 1 aromatic carbocycles. The van der Waals surface area contributed by atoms with Crippen molar-refractivity contribution >= 4 is 17.4 Å². The second kappa shape index (κ2) is 6.69. The van der Waals surface area contributed by atoms with Crippen molar-refractivity contribution < 1.29 is 13.6 Å². The third-order valence-corrected chi connectivity index (χ3v) is 3.06. The highest BCUT2D eigenvalue weighted by Crippen LogP contribution is 2.12. The van der Waals surface area contributed by atoms with Crippen LogP contribution in [0.15, 0.2) is 59.7 Å². The average molecular weight is 312 g/mol. The topological polar surface area (TPSA) is 80.0 Å². The minimum Gasteiger partial charge on any atom is -0.472 e. The molecule has 2 aromatic heterocycles. The van der Waals surface area contributed by atoms with E-state index < -0.39 is 5.91 Å². The molecule has 0 bridgehead atoms. The predicted molar refractivity (Wildman–Crippen MR) is 82.4 cm³/mol. The van der Waals surface area contributed by atoms with Crippen LogP contribution in [-0.2, 0) is 6.54 Å². The van der Waals surface area contributed by atoms with Crippen molar-refractivity contribution in [2.45, 2.75) is 6.54 Å². The maximum atomic E-state index is 12.9. The van der Waals surface area contributed by atoms with Crippen molar-refractivity contribution in [1.29, 1.82) is 0 Å². The molecule has 0 aliphatic carbocycles. The smallest absolute Gasteiger partial charge is 0.274 e. The van der Waals surface area contributed by atoms with Crippen molar-refractivity contribution in [2.75, 3.05) is 10.6 Å². The Labute approximate surface area is 131 Å². The normalized spacial score (nSPS) is 10.3. The molecule has 3 aromatic rings. The van der Waals surface area contributed by atoms with E-state index in [1.807, 2.05) is 6.07 Å². The number of benzene rings is 1. The quantitative estimate of drug-likeness (QED) is 0.757. The first-order valence-electron chi connectivity index (χ1n) is 6.84. The Bertz CT molecular complexity index is 788. The third-order valence-electron chi connectivity index (χ3n) is 3.06. The van der Waals surface area contributed by atoms with Crippen molar-refractivity contribution in [2.24, 2.45) is 0 Å². The Balaban J connectivity index is 1.66. The first-order chi connectivity index (χ1) is 11.2. The number of hydrogen-bond acceptors (Lipinski definition) is 5. The summed E-state index contributed by atoms with van der Waals surface area (Å²) in [6, 6.07) is 8.87.